The molecule has 1 aromatic carbocycles. The van der Waals surface area contributed by atoms with Gasteiger partial charge in [0.25, 0.3) is 4.96 Å². The first-order valence-corrected chi connectivity index (χ1v) is 6.78. The molecule has 0 radical (unpaired) electrons. The lowest BCUT2D eigenvalue weighted by Crippen LogP contribution is -1.95. The Hall–Kier alpha value is -2.41. The van der Waals surface area contributed by atoms with Gasteiger partial charge < -0.3 is 14.9 Å². The molecule has 0 amide bonds. The highest BCUT2D eigenvalue weighted by Gasteiger charge is 2.25. The van der Waals surface area contributed by atoms with E-state index in [1.165, 1.54) is 15.7 Å². The Morgan fingerprint density at radius 1 is 1.30 bits per heavy atom. The minimum absolute atomic E-state index is 0.0202. The van der Waals surface area contributed by atoms with Gasteiger partial charge in [0, 0.05) is 5.38 Å². The maximum Gasteiger partial charge on any atom is 0.393 e. The standard InChI is InChI=1S/C13H11N3O3S/c1-8-5-9(2)7-10(6-8)19-11-12(16(17)18)15-3-4-20-13(15)14-11/h3-7H,1-2H3. The van der Waals surface area contributed by atoms with Crippen molar-refractivity contribution in [3.8, 4) is 11.6 Å². The van der Waals surface area contributed by atoms with Crippen molar-refractivity contribution in [2.75, 3.05) is 0 Å². The predicted molar refractivity (Wildman–Crippen MR) is 75.7 cm³/mol. The Morgan fingerprint density at radius 3 is 2.65 bits per heavy atom. The molecule has 0 spiro atoms. The van der Waals surface area contributed by atoms with E-state index >= 15 is 0 Å². The molecule has 0 aliphatic carbocycles. The lowest BCUT2D eigenvalue weighted by molar-refractivity contribution is -0.391. The molecular formula is C13H11N3O3S. The van der Waals surface area contributed by atoms with E-state index in [4.69, 9.17) is 4.74 Å². The lowest BCUT2D eigenvalue weighted by Gasteiger charge is -2.05. The van der Waals surface area contributed by atoms with E-state index in [9.17, 15) is 10.1 Å². The van der Waals surface area contributed by atoms with Gasteiger partial charge in [-0.1, -0.05) is 17.4 Å². The highest BCUT2D eigenvalue weighted by atomic mass is 32.1. The number of aryl methyl sites for hydroxylation is 2. The number of hydrogen-bond donors (Lipinski definition) is 0. The molecule has 0 saturated heterocycles. The van der Waals surface area contributed by atoms with E-state index in [1.807, 2.05) is 32.0 Å². The maximum absolute atomic E-state index is 11.2. The van der Waals surface area contributed by atoms with Crippen molar-refractivity contribution in [2.45, 2.75) is 13.8 Å². The fraction of sp³-hybridized carbons (Fsp3) is 0.154. The van der Waals surface area contributed by atoms with E-state index < -0.39 is 4.92 Å². The van der Waals surface area contributed by atoms with Crippen molar-refractivity contribution in [3.05, 3.63) is 51.0 Å². The summed E-state index contributed by atoms with van der Waals surface area (Å²) in [5.41, 5.74) is 2.06. The first-order chi connectivity index (χ1) is 9.54. The smallest absolute Gasteiger partial charge is 0.393 e. The summed E-state index contributed by atoms with van der Waals surface area (Å²) in [5.74, 6) is 0.420. The minimum atomic E-state index is -0.481. The molecule has 0 saturated carbocycles. The van der Waals surface area contributed by atoms with Crippen LogP contribution < -0.4 is 4.74 Å². The Bertz CT molecular complexity index is 786. The zero-order chi connectivity index (χ0) is 14.3. The number of fused-ring (bicyclic) bond motifs is 1. The second-order valence-corrected chi connectivity index (χ2v) is 5.35. The van der Waals surface area contributed by atoms with Gasteiger partial charge in [0.1, 0.15) is 11.9 Å². The fourth-order valence-corrected chi connectivity index (χ4v) is 2.79. The van der Waals surface area contributed by atoms with Crippen LogP contribution in [-0.4, -0.2) is 14.3 Å². The van der Waals surface area contributed by atoms with E-state index in [0.29, 0.717) is 10.7 Å². The van der Waals surface area contributed by atoms with Crippen molar-refractivity contribution in [3.63, 3.8) is 0 Å². The number of benzene rings is 1. The summed E-state index contributed by atoms with van der Waals surface area (Å²) in [4.78, 5) is 15.4. The number of rotatable bonds is 3. The van der Waals surface area contributed by atoms with Gasteiger partial charge in [-0.2, -0.15) is 9.38 Å². The van der Waals surface area contributed by atoms with Crippen LogP contribution in [0, 0.1) is 24.0 Å². The average molecular weight is 289 g/mol. The molecule has 0 fully saturated rings. The molecule has 3 aromatic rings. The lowest BCUT2D eigenvalue weighted by atomic mass is 10.1. The van der Waals surface area contributed by atoms with Gasteiger partial charge in [0.05, 0.1) is 0 Å². The van der Waals surface area contributed by atoms with Crippen molar-refractivity contribution >= 4 is 22.1 Å². The SMILES string of the molecule is Cc1cc(C)cc(Oc2nc3sccn3c2[N+](=O)[O-])c1. The molecular weight excluding hydrogens is 278 g/mol. The summed E-state index contributed by atoms with van der Waals surface area (Å²) in [6.45, 7) is 3.89. The molecule has 20 heavy (non-hydrogen) atoms. The quantitative estimate of drug-likeness (QED) is 0.544. The van der Waals surface area contributed by atoms with Crippen molar-refractivity contribution in [2.24, 2.45) is 0 Å². The third-order valence-corrected chi connectivity index (χ3v) is 3.55. The predicted octanol–water partition coefficient (Wildman–Crippen LogP) is 3.71. The zero-order valence-electron chi connectivity index (χ0n) is 10.9. The monoisotopic (exact) mass is 289 g/mol. The van der Waals surface area contributed by atoms with Gasteiger partial charge in [-0.15, -0.1) is 0 Å². The third-order valence-electron chi connectivity index (χ3n) is 2.79. The Labute approximate surface area is 118 Å². The zero-order valence-corrected chi connectivity index (χ0v) is 11.7. The Kier molecular flexibility index (Phi) is 2.90. The summed E-state index contributed by atoms with van der Waals surface area (Å²) in [6, 6.07) is 5.65. The van der Waals surface area contributed by atoms with Crippen LogP contribution >= 0.6 is 11.3 Å². The highest BCUT2D eigenvalue weighted by Crippen LogP contribution is 2.33. The van der Waals surface area contributed by atoms with Gasteiger partial charge in [0.2, 0.25) is 0 Å². The fourth-order valence-electron chi connectivity index (χ4n) is 2.09. The van der Waals surface area contributed by atoms with Crippen LogP contribution in [0.25, 0.3) is 4.96 Å². The number of hydrogen-bond acceptors (Lipinski definition) is 5. The van der Waals surface area contributed by atoms with Crippen LogP contribution in [0.3, 0.4) is 0 Å². The Balaban J connectivity index is 2.07. The van der Waals surface area contributed by atoms with Crippen LogP contribution in [0.2, 0.25) is 0 Å². The summed E-state index contributed by atoms with van der Waals surface area (Å²) < 4.78 is 7.03. The molecule has 0 aliphatic rings. The van der Waals surface area contributed by atoms with Crippen molar-refractivity contribution < 1.29 is 9.66 Å². The number of nitro groups is 1. The van der Waals surface area contributed by atoms with Gasteiger partial charge >= 0.3 is 11.7 Å². The molecule has 0 unspecified atom stereocenters. The number of nitrogens with zero attached hydrogens (tertiary/aromatic N) is 3. The molecule has 3 rings (SSSR count). The molecule has 0 atom stereocenters. The average Bonchev–Trinajstić information content (AvgIpc) is 2.86. The number of aromatic nitrogens is 2. The molecule has 0 bridgehead atoms. The van der Waals surface area contributed by atoms with Crippen molar-refractivity contribution in [1.29, 1.82) is 0 Å². The van der Waals surface area contributed by atoms with Gasteiger partial charge in [-0.25, -0.2) is 0 Å². The normalized spacial score (nSPS) is 10.9. The van der Waals surface area contributed by atoms with Crippen LogP contribution in [0.15, 0.2) is 29.8 Å². The molecule has 7 heteroatoms. The molecule has 2 aromatic heterocycles. The number of thiazole rings is 1. The van der Waals surface area contributed by atoms with Crippen LogP contribution in [0.5, 0.6) is 11.6 Å². The first kappa shape index (κ1) is 12.6. The third kappa shape index (κ3) is 2.12. The highest BCUT2D eigenvalue weighted by molar-refractivity contribution is 7.15. The maximum atomic E-state index is 11.2. The molecule has 0 aliphatic heterocycles. The summed E-state index contributed by atoms with van der Waals surface area (Å²) >= 11 is 1.32. The molecule has 6 nitrogen and oxygen atoms in total. The van der Waals surface area contributed by atoms with Gasteiger partial charge in [-0.05, 0) is 42.0 Å². The molecule has 2 heterocycles. The number of ether oxygens (including phenoxy) is 1. The largest absolute Gasteiger partial charge is 0.432 e. The first-order valence-electron chi connectivity index (χ1n) is 5.90. The second-order valence-electron chi connectivity index (χ2n) is 4.48. The van der Waals surface area contributed by atoms with Crippen LogP contribution in [0.4, 0.5) is 5.82 Å². The van der Waals surface area contributed by atoms with Gasteiger partial charge in [0.15, 0.2) is 0 Å². The van der Waals surface area contributed by atoms with E-state index in [-0.39, 0.29) is 11.7 Å². The molecule has 0 N–H and O–H groups in total. The topological polar surface area (TPSA) is 69.7 Å². The van der Waals surface area contributed by atoms with Crippen molar-refractivity contribution in [1.82, 2.24) is 9.38 Å². The Morgan fingerprint density at radius 2 is 2.00 bits per heavy atom. The minimum Gasteiger partial charge on any atom is -0.432 e. The van der Waals surface area contributed by atoms with E-state index in [0.717, 1.165) is 11.1 Å². The summed E-state index contributed by atoms with van der Waals surface area (Å²) in [6.07, 6.45) is 1.61. The van der Waals surface area contributed by atoms with E-state index in [2.05, 4.69) is 4.98 Å². The summed E-state index contributed by atoms with van der Waals surface area (Å²) in [7, 11) is 0. The van der Waals surface area contributed by atoms with Crippen LogP contribution in [-0.2, 0) is 0 Å². The van der Waals surface area contributed by atoms with Gasteiger partial charge in [-0.3, -0.25) is 0 Å². The van der Waals surface area contributed by atoms with E-state index in [1.54, 1.807) is 11.6 Å². The van der Waals surface area contributed by atoms with Crippen LogP contribution in [0.1, 0.15) is 11.1 Å². The summed E-state index contributed by atoms with van der Waals surface area (Å²) in [5, 5.41) is 12.9. The second kappa shape index (κ2) is 4.61. The molecule has 102 valence electrons. The number of imidazole rings is 1.